The number of carbonyl (C=O) groups is 3. The topological polar surface area (TPSA) is 66.5 Å². The van der Waals surface area contributed by atoms with Crippen LogP contribution in [0.2, 0.25) is 0 Å². The largest absolute Gasteiger partial charge is 0.351 e. The molecule has 0 saturated carbocycles. The number of amides is 3. The Morgan fingerprint density at radius 3 is 2.50 bits per heavy atom. The Bertz CT molecular complexity index is 716. The Kier molecular flexibility index (Phi) is 5.98. The van der Waals surface area contributed by atoms with Crippen molar-refractivity contribution < 1.29 is 14.4 Å². The Labute approximate surface area is 145 Å². The maximum Gasteiger partial charge on any atom is 0.293 e. The summed E-state index contributed by atoms with van der Waals surface area (Å²) >= 11 is 0.924. The van der Waals surface area contributed by atoms with Gasteiger partial charge < -0.3 is 5.32 Å². The number of rotatable bonds is 5. The summed E-state index contributed by atoms with van der Waals surface area (Å²) in [5.41, 5.74) is 2.90. The molecule has 1 fully saturated rings. The third kappa shape index (κ3) is 4.83. The summed E-state index contributed by atoms with van der Waals surface area (Å²) in [6.07, 6.45) is 3.19. The van der Waals surface area contributed by atoms with Gasteiger partial charge in [-0.3, -0.25) is 19.3 Å². The zero-order valence-corrected chi connectivity index (χ0v) is 14.8. The minimum Gasteiger partial charge on any atom is -0.351 e. The second-order valence-corrected chi connectivity index (χ2v) is 6.75. The molecule has 2 rings (SSSR count). The first-order valence-corrected chi connectivity index (χ1v) is 8.43. The van der Waals surface area contributed by atoms with Gasteiger partial charge in [0.15, 0.2) is 0 Å². The van der Waals surface area contributed by atoms with E-state index in [1.807, 2.05) is 45.0 Å². The van der Waals surface area contributed by atoms with Crippen molar-refractivity contribution in [3.05, 3.63) is 51.9 Å². The van der Waals surface area contributed by atoms with E-state index in [1.54, 1.807) is 6.08 Å². The van der Waals surface area contributed by atoms with Crippen molar-refractivity contribution in [1.82, 2.24) is 10.2 Å². The number of nitrogens with zero attached hydrogens (tertiary/aromatic N) is 1. The van der Waals surface area contributed by atoms with E-state index in [2.05, 4.69) is 5.32 Å². The molecule has 0 aromatic heterocycles. The van der Waals surface area contributed by atoms with Crippen LogP contribution >= 0.6 is 11.8 Å². The van der Waals surface area contributed by atoms with Crippen LogP contribution in [-0.4, -0.2) is 35.0 Å². The number of thioether (sulfide) groups is 1. The monoisotopic (exact) mass is 344 g/mol. The van der Waals surface area contributed by atoms with Gasteiger partial charge in [0.1, 0.15) is 0 Å². The van der Waals surface area contributed by atoms with Crippen LogP contribution in [0, 0.1) is 6.92 Å². The van der Waals surface area contributed by atoms with Crippen LogP contribution in [0.3, 0.4) is 0 Å². The lowest BCUT2D eigenvalue weighted by Gasteiger charge is -2.12. The Balaban J connectivity index is 1.97. The fraction of sp³-hybridized carbons (Fsp3) is 0.278. The van der Waals surface area contributed by atoms with Crippen LogP contribution < -0.4 is 5.32 Å². The summed E-state index contributed by atoms with van der Waals surface area (Å²) in [5, 5.41) is 2.35. The molecule has 6 heteroatoms. The maximum absolute atomic E-state index is 12.3. The SMILES string of the molecule is CC(C)=CC(=O)NCCN1C(=O)S/C(=C\c2ccc(C)cc2)C1=O. The molecule has 0 bridgehead atoms. The normalized spacial score (nSPS) is 15.8. The lowest BCUT2D eigenvalue weighted by atomic mass is 10.1. The van der Waals surface area contributed by atoms with E-state index in [9.17, 15) is 14.4 Å². The number of benzene rings is 1. The van der Waals surface area contributed by atoms with Gasteiger partial charge >= 0.3 is 0 Å². The molecule has 3 amide bonds. The van der Waals surface area contributed by atoms with Gasteiger partial charge in [-0.1, -0.05) is 35.4 Å². The molecule has 1 aliphatic heterocycles. The molecule has 126 valence electrons. The first kappa shape index (κ1) is 18.0. The predicted molar refractivity (Wildman–Crippen MR) is 96.3 cm³/mol. The van der Waals surface area contributed by atoms with Crippen molar-refractivity contribution >= 4 is 34.9 Å². The number of nitrogens with one attached hydrogen (secondary N) is 1. The highest BCUT2D eigenvalue weighted by atomic mass is 32.2. The number of carbonyl (C=O) groups excluding carboxylic acids is 3. The van der Waals surface area contributed by atoms with Crippen LogP contribution in [0.15, 0.2) is 40.8 Å². The minimum atomic E-state index is -0.318. The molecule has 0 radical (unpaired) electrons. The van der Waals surface area contributed by atoms with Gasteiger partial charge in [-0.05, 0) is 44.2 Å². The van der Waals surface area contributed by atoms with Crippen LogP contribution in [-0.2, 0) is 9.59 Å². The van der Waals surface area contributed by atoms with Crippen LogP contribution in [0.5, 0.6) is 0 Å². The Hall–Kier alpha value is -2.34. The van der Waals surface area contributed by atoms with Gasteiger partial charge in [-0.25, -0.2) is 0 Å². The van der Waals surface area contributed by atoms with E-state index in [0.29, 0.717) is 4.91 Å². The number of hydrogen-bond donors (Lipinski definition) is 1. The molecule has 1 aliphatic rings. The quantitative estimate of drug-likeness (QED) is 0.834. The smallest absolute Gasteiger partial charge is 0.293 e. The predicted octanol–water partition coefficient (Wildman–Crippen LogP) is 3.11. The molecule has 1 aromatic carbocycles. The fourth-order valence-electron chi connectivity index (χ4n) is 2.11. The van der Waals surface area contributed by atoms with Crippen molar-refractivity contribution in [3.8, 4) is 0 Å². The molecule has 0 unspecified atom stereocenters. The second-order valence-electron chi connectivity index (χ2n) is 5.76. The van der Waals surface area contributed by atoms with Gasteiger partial charge in [-0.2, -0.15) is 0 Å². The zero-order chi connectivity index (χ0) is 17.7. The lowest BCUT2D eigenvalue weighted by molar-refractivity contribution is -0.123. The first-order chi connectivity index (χ1) is 11.4. The summed E-state index contributed by atoms with van der Waals surface area (Å²) in [5.74, 6) is -0.542. The number of hydrogen-bond acceptors (Lipinski definition) is 4. The molecule has 0 atom stereocenters. The third-order valence-corrected chi connectivity index (χ3v) is 4.21. The minimum absolute atomic E-state index is 0.165. The van der Waals surface area contributed by atoms with Crippen molar-refractivity contribution in [3.63, 3.8) is 0 Å². The number of allylic oxidation sites excluding steroid dienone is 1. The second kappa shape index (κ2) is 7.97. The third-order valence-electron chi connectivity index (χ3n) is 3.30. The highest BCUT2D eigenvalue weighted by Crippen LogP contribution is 2.31. The van der Waals surface area contributed by atoms with Crippen LogP contribution in [0.4, 0.5) is 4.79 Å². The van der Waals surface area contributed by atoms with Crippen molar-refractivity contribution in [1.29, 1.82) is 0 Å². The molecule has 1 N–H and O–H groups in total. The van der Waals surface area contributed by atoms with E-state index < -0.39 is 0 Å². The Morgan fingerprint density at radius 1 is 1.21 bits per heavy atom. The molecular weight excluding hydrogens is 324 g/mol. The summed E-state index contributed by atoms with van der Waals surface area (Å²) in [4.78, 5) is 37.4. The van der Waals surface area contributed by atoms with Gasteiger partial charge in [-0.15, -0.1) is 0 Å². The maximum atomic E-state index is 12.3. The summed E-state index contributed by atoms with van der Waals surface area (Å²) in [6, 6.07) is 7.72. The van der Waals surface area contributed by atoms with E-state index in [-0.39, 0.29) is 30.1 Å². The van der Waals surface area contributed by atoms with Crippen molar-refractivity contribution in [2.24, 2.45) is 0 Å². The van der Waals surface area contributed by atoms with Gasteiger partial charge in [0.2, 0.25) is 5.91 Å². The summed E-state index contributed by atoms with van der Waals surface area (Å²) < 4.78 is 0. The zero-order valence-electron chi connectivity index (χ0n) is 14.0. The average molecular weight is 344 g/mol. The highest BCUT2D eigenvalue weighted by molar-refractivity contribution is 8.18. The highest BCUT2D eigenvalue weighted by Gasteiger charge is 2.34. The molecular formula is C18H20N2O3S. The van der Waals surface area contributed by atoms with Crippen molar-refractivity contribution in [2.75, 3.05) is 13.1 Å². The van der Waals surface area contributed by atoms with E-state index in [0.717, 1.165) is 33.4 Å². The van der Waals surface area contributed by atoms with Gasteiger partial charge in [0, 0.05) is 19.2 Å². The van der Waals surface area contributed by atoms with Crippen LogP contribution in [0.1, 0.15) is 25.0 Å². The van der Waals surface area contributed by atoms with Gasteiger partial charge in [0.25, 0.3) is 11.1 Å². The summed E-state index contributed by atoms with van der Waals surface area (Å²) in [7, 11) is 0. The van der Waals surface area contributed by atoms with Crippen LogP contribution in [0.25, 0.3) is 6.08 Å². The van der Waals surface area contributed by atoms with Crippen molar-refractivity contribution in [2.45, 2.75) is 20.8 Å². The van der Waals surface area contributed by atoms with E-state index in [1.165, 1.54) is 6.08 Å². The number of aryl methyl sites for hydroxylation is 1. The van der Waals surface area contributed by atoms with Gasteiger partial charge in [0.05, 0.1) is 4.91 Å². The average Bonchev–Trinajstić information content (AvgIpc) is 2.76. The first-order valence-electron chi connectivity index (χ1n) is 7.61. The lowest BCUT2D eigenvalue weighted by Crippen LogP contribution is -2.36. The Morgan fingerprint density at radius 2 is 1.88 bits per heavy atom. The number of imide groups is 1. The van der Waals surface area contributed by atoms with E-state index >= 15 is 0 Å². The molecule has 1 saturated heterocycles. The fourth-order valence-corrected chi connectivity index (χ4v) is 2.98. The molecule has 5 nitrogen and oxygen atoms in total. The molecule has 1 aromatic rings. The molecule has 1 heterocycles. The molecule has 0 spiro atoms. The summed E-state index contributed by atoms with van der Waals surface area (Å²) in [6.45, 7) is 6.04. The van der Waals surface area contributed by atoms with E-state index in [4.69, 9.17) is 0 Å². The molecule has 0 aliphatic carbocycles. The molecule has 24 heavy (non-hydrogen) atoms. The standard InChI is InChI=1S/C18H20N2O3S/c1-12(2)10-16(21)19-8-9-20-17(22)15(24-18(20)23)11-14-6-4-13(3)5-7-14/h4-7,10-11H,8-9H2,1-3H3,(H,19,21)/b15-11-.